The number of carbonyl (C=O) groups is 2. The number of ether oxygens (including phenoxy) is 2. The number of hydrogen-bond donors (Lipinski definition) is 0. The number of allylic oxidation sites excluding steroid dienone is 1. The summed E-state index contributed by atoms with van der Waals surface area (Å²) in [7, 11) is -4.21. The predicted octanol–water partition coefficient (Wildman–Crippen LogP) is 4.01. The number of rotatable bonds is 7. The van der Waals surface area contributed by atoms with E-state index in [4.69, 9.17) is 18.3 Å². The topological polar surface area (TPSA) is 132 Å². The first-order valence-electron chi connectivity index (χ1n) is 13.6. The molecule has 13 heteroatoms. The van der Waals surface area contributed by atoms with Crippen molar-refractivity contribution in [3.05, 3.63) is 83.5 Å². The number of esters is 1. The first kappa shape index (κ1) is 28.1. The molecule has 0 spiro atoms. The van der Waals surface area contributed by atoms with Crippen LogP contribution in [0.25, 0.3) is 6.08 Å². The standard InChI is InChI=1S/C29H28FN3O8S/c30-23-9-8-20(17-25(23)42(36,37)32-10-14-38-15-11-32)29(35)41-18-26(34)33-28(24-7-3-13-40-24)22-6-1-4-19(27(22)31-33)16-21-5-2-12-39-21/h2-3,5,7-9,12-13,16-17,22,28H,1,4,6,10-11,14-15,18H2. The van der Waals surface area contributed by atoms with E-state index < -0.39 is 45.3 Å². The molecule has 3 aliphatic rings. The molecule has 2 unspecified atom stereocenters. The molecule has 0 N–H and O–H groups in total. The smallest absolute Gasteiger partial charge is 0.338 e. The van der Waals surface area contributed by atoms with Crippen molar-refractivity contribution in [3.63, 3.8) is 0 Å². The Hall–Kier alpha value is -4.07. The van der Waals surface area contributed by atoms with Crippen molar-refractivity contribution >= 4 is 33.7 Å². The van der Waals surface area contributed by atoms with Gasteiger partial charge in [-0.25, -0.2) is 22.6 Å². The minimum absolute atomic E-state index is 0.0690. The Kier molecular flexibility index (Phi) is 7.80. The zero-order valence-electron chi connectivity index (χ0n) is 22.5. The van der Waals surface area contributed by atoms with Crippen LogP contribution >= 0.6 is 0 Å². The number of fused-ring (bicyclic) bond motifs is 1. The molecule has 1 aromatic carbocycles. The Bertz CT molecular complexity index is 1630. The lowest BCUT2D eigenvalue weighted by molar-refractivity contribution is -0.137. The van der Waals surface area contributed by atoms with Gasteiger partial charge < -0.3 is 18.3 Å². The van der Waals surface area contributed by atoms with Crippen LogP contribution < -0.4 is 0 Å². The first-order valence-corrected chi connectivity index (χ1v) is 15.0. The van der Waals surface area contributed by atoms with E-state index in [0.29, 0.717) is 11.5 Å². The van der Waals surface area contributed by atoms with E-state index >= 15 is 0 Å². The lowest BCUT2D eigenvalue weighted by Gasteiger charge is -2.27. The van der Waals surface area contributed by atoms with E-state index in [1.54, 1.807) is 24.5 Å². The van der Waals surface area contributed by atoms with Gasteiger partial charge in [-0.2, -0.15) is 9.41 Å². The summed E-state index contributed by atoms with van der Waals surface area (Å²) in [6.07, 6.45) is 7.44. The summed E-state index contributed by atoms with van der Waals surface area (Å²) < 4.78 is 63.3. The molecule has 1 saturated carbocycles. The van der Waals surface area contributed by atoms with Crippen LogP contribution in [0.4, 0.5) is 4.39 Å². The van der Waals surface area contributed by atoms with Crippen LogP contribution in [0.2, 0.25) is 0 Å². The van der Waals surface area contributed by atoms with Crippen LogP contribution in [0.5, 0.6) is 0 Å². The molecule has 11 nitrogen and oxygen atoms in total. The molecule has 1 amide bonds. The average Bonchev–Trinajstić information content (AvgIpc) is 3.78. The summed E-state index contributed by atoms with van der Waals surface area (Å²) >= 11 is 0. The highest BCUT2D eigenvalue weighted by molar-refractivity contribution is 7.89. The van der Waals surface area contributed by atoms with Gasteiger partial charge in [-0.3, -0.25) is 4.79 Å². The Labute approximate surface area is 241 Å². The number of carbonyl (C=O) groups excluding carboxylic acids is 2. The Balaban J connectivity index is 1.21. The van der Waals surface area contributed by atoms with Gasteiger partial charge in [0, 0.05) is 19.0 Å². The molecule has 0 radical (unpaired) electrons. The second-order valence-electron chi connectivity index (χ2n) is 10.1. The number of sulfonamides is 1. The molecule has 2 aromatic heterocycles. The van der Waals surface area contributed by atoms with E-state index in [0.717, 1.165) is 53.1 Å². The minimum Gasteiger partial charge on any atom is -0.467 e. The maximum absolute atomic E-state index is 14.6. The van der Waals surface area contributed by atoms with Gasteiger partial charge in [0.25, 0.3) is 5.91 Å². The number of nitrogens with zero attached hydrogens (tertiary/aromatic N) is 3. The fourth-order valence-electron chi connectivity index (χ4n) is 5.52. The van der Waals surface area contributed by atoms with Crippen LogP contribution in [0.1, 0.15) is 47.2 Å². The van der Waals surface area contributed by atoms with E-state index in [9.17, 15) is 22.4 Å². The van der Waals surface area contributed by atoms with Gasteiger partial charge in [-0.15, -0.1) is 0 Å². The number of furan rings is 2. The number of benzene rings is 1. The largest absolute Gasteiger partial charge is 0.467 e. The fraction of sp³-hybridized carbons (Fsp3) is 0.345. The summed E-state index contributed by atoms with van der Waals surface area (Å²) in [6.45, 7) is -0.157. The third-order valence-corrected chi connectivity index (χ3v) is 9.45. The van der Waals surface area contributed by atoms with Crippen LogP contribution in [0.15, 0.2) is 79.4 Å². The SMILES string of the molecule is O=C(OCC(=O)N1N=C2C(=Cc3ccco3)CCCC2C1c1ccco1)c1ccc(F)c(S(=O)(=O)N2CCOCC2)c1. The van der Waals surface area contributed by atoms with Gasteiger partial charge in [0.2, 0.25) is 10.0 Å². The van der Waals surface area contributed by atoms with Gasteiger partial charge >= 0.3 is 5.97 Å². The lowest BCUT2D eigenvalue weighted by atomic mass is 9.79. The second kappa shape index (κ2) is 11.7. The molecule has 220 valence electrons. The molecule has 3 aromatic rings. The van der Waals surface area contributed by atoms with E-state index in [1.807, 2.05) is 12.1 Å². The maximum atomic E-state index is 14.6. The molecule has 1 saturated heterocycles. The Morgan fingerprint density at radius 2 is 1.88 bits per heavy atom. The minimum atomic E-state index is -4.21. The maximum Gasteiger partial charge on any atom is 0.338 e. The Morgan fingerprint density at radius 1 is 1.10 bits per heavy atom. The van der Waals surface area contributed by atoms with Crippen molar-refractivity contribution in [1.82, 2.24) is 9.31 Å². The summed E-state index contributed by atoms with van der Waals surface area (Å²) in [4.78, 5) is 25.7. The highest BCUT2D eigenvalue weighted by Gasteiger charge is 2.45. The molecule has 2 aliphatic heterocycles. The predicted molar refractivity (Wildman–Crippen MR) is 146 cm³/mol. The average molecular weight is 598 g/mol. The second-order valence-corrected chi connectivity index (χ2v) is 12.0. The summed E-state index contributed by atoms with van der Waals surface area (Å²) in [5.41, 5.74) is 1.49. The summed E-state index contributed by atoms with van der Waals surface area (Å²) in [6, 6.07) is 9.54. The molecule has 2 fully saturated rings. The molecule has 42 heavy (non-hydrogen) atoms. The van der Waals surface area contributed by atoms with Crippen molar-refractivity contribution in [2.24, 2.45) is 11.0 Å². The van der Waals surface area contributed by atoms with Crippen molar-refractivity contribution in [2.75, 3.05) is 32.9 Å². The van der Waals surface area contributed by atoms with E-state index in [-0.39, 0.29) is 37.8 Å². The zero-order valence-corrected chi connectivity index (χ0v) is 23.3. The van der Waals surface area contributed by atoms with Crippen LogP contribution in [0.3, 0.4) is 0 Å². The molecular weight excluding hydrogens is 569 g/mol. The van der Waals surface area contributed by atoms with E-state index in [2.05, 4.69) is 5.10 Å². The molecule has 0 bridgehead atoms. The molecular formula is C29H28FN3O8S. The van der Waals surface area contributed by atoms with Crippen molar-refractivity contribution in [3.8, 4) is 0 Å². The van der Waals surface area contributed by atoms with Gasteiger partial charge in [0.15, 0.2) is 6.61 Å². The number of morpholine rings is 1. The van der Waals surface area contributed by atoms with Gasteiger partial charge in [0.1, 0.15) is 28.3 Å². The monoisotopic (exact) mass is 597 g/mol. The third-order valence-electron chi connectivity index (χ3n) is 7.53. The third kappa shape index (κ3) is 5.42. The molecule has 4 heterocycles. The quantitative estimate of drug-likeness (QED) is 0.373. The number of hydrogen-bond acceptors (Lipinski definition) is 9. The number of hydrazone groups is 1. The van der Waals surface area contributed by atoms with Gasteiger partial charge in [-0.05, 0) is 73.4 Å². The normalized spacial score (nSPS) is 22.2. The Morgan fingerprint density at radius 3 is 2.62 bits per heavy atom. The summed E-state index contributed by atoms with van der Waals surface area (Å²) in [5.74, 6) is -1.46. The highest BCUT2D eigenvalue weighted by Crippen LogP contribution is 2.44. The number of halogens is 1. The van der Waals surface area contributed by atoms with Gasteiger partial charge in [0.05, 0.1) is 37.0 Å². The fourth-order valence-corrected chi connectivity index (χ4v) is 7.02. The molecule has 2 atom stereocenters. The van der Waals surface area contributed by atoms with Crippen molar-refractivity contribution in [2.45, 2.75) is 30.2 Å². The van der Waals surface area contributed by atoms with Gasteiger partial charge in [-0.1, -0.05) is 0 Å². The van der Waals surface area contributed by atoms with Crippen LogP contribution in [-0.4, -0.2) is 68.2 Å². The first-order chi connectivity index (χ1) is 20.3. The molecule has 1 aliphatic carbocycles. The van der Waals surface area contributed by atoms with Crippen molar-refractivity contribution in [1.29, 1.82) is 0 Å². The lowest BCUT2D eigenvalue weighted by Crippen LogP contribution is -2.41. The van der Waals surface area contributed by atoms with Crippen molar-refractivity contribution < 1.29 is 40.7 Å². The number of amides is 1. The molecule has 6 rings (SSSR count). The van der Waals surface area contributed by atoms with Crippen LogP contribution in [-0.2, 0) is 24.3 Å². The van der Waals surface area contributed by atoms with Crippen LogP contribution in [0, 0.1) is 11.7 Å². The highest BCUT2D eigenvalue weighted by atomic mass is 32.2. The summed E-state index contributed by atoms with van der Waals surface area (Å²) in [5, 5.41) is 5.95. The van der Waals surface area contributed by atoms with E-state index in [1.165, 1.54) is 11.3 Å². The zero-order chi connectivity index (χ0) is 29.3.